The Balaban J connectivity index is 0.00000256. The molecular formula is C24H26ClNO4. The summed E-state index contributed by atoms with van der Waals surface area (Å²) >= 11 is 0. The molecule has 1 fully saturated rings. The second-order valence-corrected chi connectivity index (χ2v) is 7.44. The highest BCUT2D eigenvalue weighted by atomic mass is 35.5. The largest absolute Gasteiger partial charge is 0.464 e. The van der Waals surface area contributed by atoms with E-state index in [2.05, 4.69) is 4.90 Å². The number of benzene rings is 2. The van der Waals surface area contributed by atoms with Gasteiger partial charge in [-0.3, -0.25) is 14.5 Å². The second-order valence-electron chi connectivity index (χ2n) is 7.44. The number of hydrogen-bond acceptors (Lipinski definition) is 5. The number of morpholine rings is 1. The van der Waals surface area contributed by atoms with Crippen LogP contribution in [0.4, 0.5) is 0 Å². The van der Waals surface area contributed by atoms with Crippen LogP contribution in [0.1, 0.15) is 18.4 Å². The Bertz CT molecular complexity index is 1100. The minimum atomic E-state index is -0.390. The van der Waals surface area contributed by atoms with Crippen molar-refractivity contribution in [3.05, 3.63) is 70.4 Å². The number of nitrogens with zero attached hydrogens (tertiary/aromatic N) is 1. The molecule has 1 aliphatic heterocycles. The molecule has 4 rings (SSSR count). The summed E-state index contributed by atoms with van der Waals surface area (Å²) in [7, 11) is 0. The zero-order valence-electron chi connectivity index (χ0n) is 17.0. The van der Waals surface area contributed by atoms with Crippen molar-refractivity contribution in [2.45, 2.75) is 12.8 Å². The van der Waals surface area contributed by atoms with E-state index in [-0.39, 0.29) is 29.7 Å². The monoisotopic (exact) mass is 427 g/mol. The van der Waals surface area contributed by atoms with Crippen molar-refractivity contribution in [3.8, 4) is 0 Å². The Hall–Kier alpha value is -2.47. The number of carbonyl (C=O) groups is 1. The topological polar surface area (TPSA) is 55.8 Å². The molecule has 1 unspecified atom stereocenters. The lowest BCUT2D eigenvalue weighted by Crippen LogP contribution is -2.38. The van der Waals surface area contributed by atoms with E-state index >= 15 is 0 Å². The molecule has 0 saturated carbocycles. The van der Waals surface area contributed by atoms with Gasteiger partial charge in [0.1, 0.15) is 6.61 Å². The molecule has 0 radical (unpaired) electrons. The molecule has 158 valence electrons. The predicted molar refractivity (Wildman–Crippen MR) is 122 cm³/mol. The van der Waals surface area contributed by atoms with E-state index in [4.69, 9.17) is 9.47 Å². The first-order valence-electron chi connectivity index (χ1n) is 10.1. The predicted octanol–water partition coefficient (Wildman–Crippen LogP) is 3.75. The Labute approximate surface area is 182 Å². The third-order valence-electron chi connectivity index (χ3n) is 5.58. The molecule has 1 heterocycles. The first-order chi connectivity index (χ1) is 14.1. The summed E-state index contributed by atoms with van der Waals surface area (Å²) in [5.74, 6) is -0.635. The molecule has 0 N–H and O–H groups in total. The first-order valence-corrected chi connectivity index (χ1v) is 10.1. The number of halogens is 1. The van der Waals surface area contributed by atoms with Crippen molar-refractivity contribution in [2.24, 2.45) is 0 Å². The second kappa shape index (κ2) is 10.0. The number of ether oxygens (including phenoxy) is 2. The van der Waals surface area contributed by atoms with Crippen LogP contribution in [0.3, 0.4) is 0 Å². The average molecular weight is 428 g/mol. The van der Waals surface area contributed by atoms with Crippen LogP contribution >= 0.6 is 12.4 Å². The van der Waals surface area contributed by atoms with Gasteiger partial charge in [-0.1, -0.05) is 54.6 Å². The molecule has 0 aromatic heterocycles. The fourth-order valence-electron chi connectivity index (χ4n) is 3.73. The molecule has 3 aromatic carbocycles. The summed E-state index contributed by atoms with van der Waals surface area (Å²) < 4.78 is 10.8. The van der Waals surface area contributed by atoms with Gasteiger partial charge >= 0.3 is 5.97 Å². The molecule has 30 heavy (non-hydrogen) atoms. The summed E-state index contributed by atoms with van der Waals surface area (Å²) in [6.07, 6.45) is 0. The first kappa shape index (κ1) is 22.2. The van der Waals surface area contributed by atoms with Gasteiger partial charge in [-0.15, -0.1) is 12.4 Å². The smallest absolute Gasteiger partial charge is 0.313 e. The summed E-state index contributed by atoms with van der Waals surface area (Å²) in [6, 6.07) is 17.1. The van der Waals surface area contributed by atoms with Crippen LogP contribution in [0.2, 0.25) is 0 Å². The zero-order valence-corrected chi connectivity index (χ0v) is 17.8. The molecule has 1 aliphatic rings. The highest BCUT2D eigenvalue weighted by molar-refractivity contribution is 5.94. The van der Waals surface area contributed by atoms with Gasteiger partial charge in [0.25, 0.3) is 0 Å². The fraction of sp³-hybridized carbons (Fsp3) is 0.333. The lowest BCUT2D eigenvalue weighted by Gasteiger charge is -2.26. The number of carbonyl (C=O) groups excluding carboxylic acids is 1. The Kier molecular flexibility index (Phi) is 7.43. The summed E-state index contributed by atoms with van der Waals surface area (Å²) in [6.45, 7) is 6.16. The summed E-state index contributed by atoms with van der Waals surface area (Å²) in [4.78, 5) is 27.6. The maximum Gasteiger partial charge on any atom is 0.313 e. The molecule has 0 spiro atoms. The Morgan fingerprint density at radius 2 is 1.73 bits per heavy atom. The van der Waals surface area contributed by atoms with Crippen molar-refractivity contribution in [1.82, 2.24) is 4.90 Å². The van der Waals surface area contributed by atoms with Crippen LogP contribution in [-0.4, -0.2) is 50.3 Å². The molecule has 0 aliphatic carbocycles. The van der Waals surface area contributed by atoms with E-state index in [1.807, 2.05) is 61.5 Å². The van der Waals surface area contributed by atoms with E-state index in [0.29, 0.717) is 17.4 Å². The van der Waals surface area contributed by atoms with Crippen molar-refractivity contribution in [2.75, 3.05) is 39.5 Å². The zero-order chi connectivity index (χ0) is 20.2. The number of esters is 1. The molecule has 3 aromatic rings. The third kappa shape index (κ3) is 4.81. The number of fused-ring (bicyclic) bond motifs is 2. The third-order valence-corrected chi connectivity index (χ3v) is 5.58. The van der Waals surface area contributed by atoms with Crippen LogP contribution in [0.25, 0.3) is 21.5 Å². The normalized spacial score (nSPS) is 15.5. The van der Waals surface area contributed by atoms with Crippen LogP contribution in [-0.2, 0) is 14.3 Å². The van der Waals surface area contributed by atoms with Crippen molar-refractivity contribution in [1.29, 1.82) is 0 Å². The van der Waals surface area contributed by atoms with Gasteiger partial charge in [0.15, 0.2) is 5.43 Å². The van der Waals surface area contributed by atoms with Gasteiger partial charge in [0, 0.05) is 30.4 Å². The van der Waals surface area contributed by atoms with E-state index in [1.54, 1.807) is 0 Å². The highest BCUT2D eigenvalue weighted by Crippen LogP contribution is 2.22. The Morgan fingerprint density at radius 1 is 1.03 bits per heavy atom. The van der Waals surface area contributed by atoms with Crippen molar-refractivity contribution in [3.63, 3.8) is 0 Å². The number of hydrogen-bond donors (Lipinski definition) is 0. The van der Waals surface area contributed by atoms with Crippen LogP contribution < -0.4 is 5.43 Å². The average Bonchev–Trinajstić information content (AvgIpc) is 2.90. The maximum atomic E-state index is 12.9. The minimum absolute atomic E-state index is 0. The quantitative estimate of drug-likeness (QED) is 0.580. The fourth-order valence-corrected chi connectivity index (χ4v) is 3.73. The van der Waals surface area contributed by atoms with Crippen molar-refractivity contribution >= 4 is 39.9 Å². The van der Waals surface area contributed by atoms with E-state index in [0.717, 1.165) is 49.2 Å². The van der Waals surface area contributed by atoms with Crippen LogP contribution in [0, 0.1) is 0 Å². The maximum absolute atomic E-state index is 12.9. The Morgan fingerprint density at radius 3 is 2.53 bits per heavy atom. The van der Waals surface area contributed by atoms with Crippen LogP contribution in [0.15, 0.2) is 59.4 Å². The number of rotatable bonds is 5. The molecule has 6 heteroatoms. The minimum Gasteiger partial charge on any atom is -0.464 e. The molecule has 0 amide bonds. The van der Waals surface area contributed by atoms with Gasteiger partial charge in [0.05, 0.1) is 19.1 Å². The van der Waals surface area contributed by atoms with Gasteiger partial charge in [-0.25, -0.2) is 0 Å². The van der Waals surface area contributed by atoms with Crippen molar-refractivity contribution < 1.29 is 14.3 Å². The molecule has 5 nitrogen and oxygen atoms in total. The summed E-state index contributed by atoms with van der Waals surface area (Å²) in [5.41, 5.74) is 0.858. The van der Waals surface area contributed by atoms with E-state index in [9.17, 15) is 9.59 Å². The van der Waals surface area contributed by atoms with Crippen LogP contribution in [0.5, 0.6) is 0 Å². The van der Waals surface area contributed by atoms with Gasteiger partial charge in [-0.2, -0.15) is 0 Å². The van der Waals surface area contributed by atoms with E-state index < -0.39 is 0 Å². The summed E-state index contributed by atoms with van der Waals surface area (Å²) in [5, 5.41) is 3.09. The molecule has 1 atom stereocenters. The van der Waals surface area contributed by atoms with E-state index in [1.165, 1.54) is 0 Å². The van der Waals surface area contributed by atoms with Gasteiger partial charge in [0.2, 0.25) is 0 Å². The molecular weight excluding hydrogens is 402 g/mol. The SMILES string of the molecule is CC(C(=O)OCCN1CCOCC1)c1ccc2c(=O)c3ccccc3ccc2c1.Cl. The highest BCUT2D eigenvalue weighted by Gasteiger charge is 2.18. The molecule has 0 bridgehead atoms. The lowest BCUT2D eigenvalue weighted by molar-refractivity contribution is -0.145. The lowest BCUT2D eigenvalue weighted by atomic mass is 9.98. The molecule has 1 saturated heterocycles. The van der Waals surface area contributed by atoms with Gasteiger partial charge in [-0.05, 0) is 23.3 Å². The van der Waals surface area contributed by atoms with Gasteiger partial charge < -0.3 is 9.47 Å². The standard InChI is InChI=1S/C24H25NO4.ClH/c1-17(24(27)29-15-12-25-10-13-28-14-11-25)19-8-9-22-20(16-19)7-6-18-4-2-3-5-21(18)23(22)26;/h2-9,16-17H,10-15H2,1H3;1H.